The number of likely N-dealkylation sites (tertiary alicyclic amines) is 1. The van der Waals surface area contributed by atoms with Gasteiger partial charge in [-0.15, -0.1) is 0 Å². The standard InChI is InChI=1S/C17H24N6O3/c1-11(2)25-17(24)23-6-4-13(5-7-23)26-16-9-14(18-10-19-16)20-15-8-12(3)21-22-15/h8-11,13H,4-7H2,1-3H3,(H2,18,19,20,21,22). The van der Waals surface area contributed by atoms with Crippen LogP contribution in [0.2, 0.25) is 0 Å². The van der Waals surface area contributed by atoms with Gasteiger partial charge in [0, 0.05) is 43.8 Å². The van der Waals surface area contributed by atoms with Crippen molar-refractivity contribution in [2.45, 2.75) is 45.8 Å². The van der Waals surface area contributed by atoms with Crippen LogP contribution >= 0.6 is 0 Å². The summed E-state index contributed by atoms with van der Waals surface area (Å²) in [5.74, 6) is 1.79. The normalized spacial score (nSPS) is 15.2. The van der Waals surface area contributed by atoms with Gasteiger partial charge in [-0.1, -0.05) is 0 Å². The van der Waals surface area contributed by atoms with Crippen LogP contribution in [0.5, 0.6) is 5.88 Å². The first-order chi connectivity index (χ1) is 12.5. The Morgan fingerprint density at radius 1 is 1.27 bits per heavy atom. The molecule has 9 heteroatoms. The van der Waals surface area contributed by atoms with Crippen LogP contribution in [0.4, 0.5) is 16.4 Å². The molecule has 0 bridgehead atoms. The Labute approximate surface area is 152 Å². The maximum absolute atomic E-state index is 11.9. The molecule has 0 aliphatic carbocycles. The van der Waals surface area contributed by atoms with Crippen LogP contribution in [0, 0.1) is 6.92 Å². The molecule has 1 aliphatic heterocycles. The number of hydrogen-bond donors (Lipinski definition) is 2. The Morgan fingerprint density at radius 3 is 2.69 bits per heavy atom. The van der Waals surface area contributed by atoms with Crippen LogP contribution in [0.3, 0.4) is 0 Å². The molecule has 0 spiro atoms. The number of nitrogens with zero attached hydrogens (tertiary/aromatic N) is 4. The van der Waals surface area contributed by atoms with Crippen molar-refractivity contribution in [3.8, 4) is 5.88 Å². The maximum atomic E-state index is 11.9. The lowest BCUT2D eigenvalue weighted by Gasteiger charge is -2.31. The van der Waals surface area contributed by atoms with Crippen LogP contribution in [-0.2, 0) is 4.74 Å². The molecule has 2 aromatic rings. The van der Waals surface area contributed by atoms with Gasteiger partial charge in [0.15, 0.2) is 5.82 Å². The van der Waals surface area contributed by atoms with E-state index < -0.39 is 0 Å². The number of rotatable bonds is 5. The first-order valence-electron chi connectivity index (χ1n) is 8.73. The number of H-pyrrole nitrogens is 1. The van der Waals surface area contributed by atoms with Crippen molar-refractivity contribution in [2.75, 3.05) is 18.4 Å². The molecule has 2 aromatic heterocycles. The average molecular weight is 360 g/mol. The number of nitrogens with one attached hydrogen (secondary N) is 2. The van der Waals surface area contributed by atoms with Gasteiger partial charge in [-0.05, 0) is 20.8 Å². The van der Waals surface area contributed by atoms with E-state index in [1.807, 2.05) is 26.8 Å². The van der Waals surface area contributed by atoms with Crippen molar-refractivity contribution in [2.24, 2.45) is 0 Å². The van der Waals surface area contributed by atoms with Gasteiger partial charge in [0.2, 0.25) is 5.88 Å². The molecule has 1 fully saturated rings. The Bertz CT molecular complexity index is 740. The lowest BCUT2D eigenvalue weighted by molar-refractivity contribution is 0.0507. The molecule has 9 nitrogen and oxygen atoms in total. The fourth-order valence-electron chi connectivity index (χ4n) is 2.69. The Balaban J connectivity index is 1.52. The van der Waals surface area contributed by atoms with E-state index in [1.54, 1.807) is 11.0 Å². The van der Waals surface area contributed by atoms with Gasteiger partial charge in [-0.25, -0.2) is 14.8 Å². The lowest BCUT2D eigenvalue weighted by Crippen LogP contribution is -2.42. The van der Waals surface area contributed by atoms with E-state index in [1.165, 1.54) is 6.33 Å². The second kappa shape index (κ2) is 8.03. The number of aromatic amines is 1. The molecular weight excluding hydrogens is 336 g/mol. The maximum Gasteiger partial charge on any atom is 0.410 e. The third-order valence-electron chi connectivity index (χ3n) is 3.93. The van der Waals surface area contributed by atoms with Crippen molar-refractivity contribution in [3.05, 3.63) is 24.2 Å². The minimum Gasteiger partial charge on any atom is -0.474 e. The molecule has 0 aromatic carbocycles. The smallest absolute Gasteiger partial charge is 0.410 e. The number of amides is 1. The van der Waals surface area contributed by atoms with Gasteiger partial charge in [-0.3, -0.25) is 5.10 Å². The van der Waals surface area contributed by atoms with Gasteiger partial charge in [0.05, 0.1) is 6.10 Å². The summed E-state index contributed by atoms with van der Waals surface area (Å²) in [7, 11) is 0. The molecule has 26 heavy (non-hydrogen) atoms. The number of carbonyl (C=O) groups excluding carboxylic acids is 1. The number of piperidine rings is 1. The molecule has 1 aliphatic rings. The zero-order chi connectivity index (χ0) is 18.5. The van der Waals surface area contributed by atoms with Crippen LogP contribution in [-0.4, -0.2) is 56.5 Å². The molecule has 0 radical (unpaired) electrons. The fourth-order valence-corrected chi connectivity index (χ4v) is 2.69. The summed E-state index contributed by atoms with van der Waals surface area (Å²) in [4.78, 5) is 22.0. The largest absolute Gasteiger partial charge is 0.474 e. The highest BCUT2D eigenvalue weighted by atomic mass is 16.6. The second-order valence-electron chi connectivity index (χ2n) is 6.54. The summed E-state index contributed by atoms with van der Waals surface area (Å²) in [6.45, 7) is 6.84. The molecule has 2 N–H and O–H groups in total. The molecule has 0 atom stereocenters. The van der Waals surface area contributed by atoms with Gasteiger partial charge in [0.1, 0.15) is 18.2 Å². The van der Waals surface area contributed by atoms with Gasteiger partial charge in [0.25, 0.3) is 0 Å². The minimum absolute atomic E-state index is 0.00785. The molecule has 1 amide bonds. The van der Waals surface area contributed by atoms with Crippen LogP contribution in [0.15, 0.2) is 18.5 Å². The molecule has 0 unspecified atom stereocenters. The van der Waals surface area contributed by atoms with E-state index in [2.05, 4.69) is 25.5 Å². The Kier molecular flexibility index (Phi) is 5.55. The van der Waals surface area contributed by atoms with Crippen LogP contribution < -0.4 is 10.1 Å². The predicted molar refractivity (Wildman–Crippen MR) is 95.5 cm³/mol. The summed E-state index contributed by atoms with van der Waals surface area (Å²) in [6.07, 6.45) is 2.56. The minimum atomic E-state index is -0.263. The molecule has 3 heterocycles. The molecular formula is C17H24N6O3. The zero-order valence-electron chi connectivity index (χ0n) is 15.2. The lowest BCUT2D eigenvalue weighted by atomic mass is 10.1. The van der Waals surface area contributed by atoms with E-state index >= 15 is 0 Å². The van der Waals surface area contributed by atoms with E-state index in [0.29, 0.717) is 30.6 Å². The highest BCUT2D eigenvalue weighted by Gasteiger charge is 2.25. The summed E-state index contributed by atoms with van der Waals surface area (Å²) in [5, 5.41) is 10.1. The summed E-state index contributed by atoms with van der Waals surface area (Å²) in [6, 6.07) is 3.62. The van der Waals surface area contributed by atoms with E-state index in [0.717, 1.165) is 18.5 Å². The SMILES string of the molecule is Cc1cc(Nc2cc(OC3CCN(C(=O)OC(C)C)CC3)ncn2)n[nH]1. The third kappa shape index (κ3) is 4.84. The monoisotopic (exact) mass is 360 g/mol. The van der Waals surface area contributed by atoms with Crippen molar-refractivity contribution in [3.63, 3.8) is 0 Å². The van der Waals surface area contributed by atoms with Crippen molar-refractivity contribution in [1.82, 2.24) is 25.1 Å². The third-order valence-corrected chi connectivity index (χ3v) is 3.93. The Hall–Kier alpha value is -2.84. The van der Waals surface area contributed by atoms with Crippen molar-refractivity contribution in [1.29, 1.82) is 0 Å². The fraction of sp³-hybridized carbons (Fsp3) is 0.529. The number of carbonyl (C=O) groups is 1. The van der Waals surface area contributed by atoms with E-state index in [-0.39, 0.29) is 18.3 Å². The molecule has 0 saturated carbocycles. The van der Waals surface area contributed by atoms with E-state index in [4.69, 9.17) is 9.47 Å². The molecule has 1 saturated heterocycles. The van der Waals surface area contributed by atoms with Gasteiger partial charge >= 0.3 is 6.09 Å². The number of hydrogen-bond acceptors (Lipinski definition) is 7. The number of anilines is 2. The van der Waals surface area contributed by atoms with Crippen molar-refractivity contribution < 1.29 is 14.3 Å². The number of aromatic nitrogens is 4. The summed E-state index contributed by atoms with van der Waals surface area (Å²) < 4.78 is 11.2. The average Bonchev–Trinajstić information content (AvgIpc) is 3.00. The van der Waals surface area contributed by atoms with E-state index in [9.17, 15) is 4.79 Å². The van der Waals surface area contributed by atoms with Crippen LogP contribution in [0.1, 0.15) is 32.4 Å². The quantitative estimate of drug-likeness (QED) is 0.844. The highest BCUT2D eigenvalue weighted by molar-refractivity contribution is 5.67. The first-order valence-corrected chi connectivity index (χ1v) is 8.73. The topological polar surface area (TPSA) is 105 Å². The highest BCUT2D eigenvalue weighted by Crippen LogP contribution is 2.21. The molecule has 3 rings (SSSR count). The molecule has 140 valence electrons. The number of ether oxygens (including phenoxy) is 2. The van der Waals surface area contributed by atoms with Gasteiger partial charge in [-0.2, -0.15) is 5.10 Å². The predicted octanol–water partition coefficient (Wildman–Crippen LogP) is 2.64. The summed E-state index contributed by atoms with van der Waals surface area (Å²) in [5.41, 5.74) is 0.959. The second-order valence-corrected chi connectivity index (χ2v) is 6.54. The van der Waals surface area contributed by atoms with Crippen LogP contribution in [0.25, 0.3) is 0 Å². The van der Waals surface area contributed by atoms with Gasteiger partial charge < -0.3 is 19.7 Å². The first kappa shape index (κ1) is 18.0. The Morgan fingerprint density at radius 2 is 2.04 bits per heavy atom. The number of aryl methyl sites for hydroxylation is 1. The summed E-state index contributed by atoms with van der Waals surface area (Å²) >= 11 is 0. The zero-order valence-corrected chi connectivity index (χ0v) is 15.2. The van der Waals surface area contributed by atoms with Crippen molar-refractivity contribution >= 4 is 17.7 Å².